The van der Waals surface area contributed by atoms with Crippen LogP contribution < -0.4 is 5.56 Å². The average Bonchev–Trinajstić information content (AvgIpc) is 2.51. The zero-order valence-electron chi connectivity index (χ0n) is 11.2. The van der Waals surface area contributed by atoms with Crippen LogP contribution >= 0.6 is 0 Å². The minimum Gasteiger partial charge on any atom is -0.267 e. The predicted molar refractivity (Wildman–Crippen MR) is 80.0 cm³/mol. The van der Waals surface area contributed by atoms with Crippen LogP contribution in [0.1, 0.15) is 5.56 Å². The maximum atomic E-state index is 12.3. The Hall–Kier alpha value is -2.68. The van der Waals surface area contributed by atoms with Crippen LogP contribution in [0, 0.1) is 6.92 Å². The van der Waals surface area contributed by atoms with Gasteiger partial charge in [-0.2, -0.15) is 9.78 Å². The average molecular weight is 262 g/mol. The maximum Gasteiger partial charge on any atom is 0.274 e. The molecule has 1 aromatic heterocycles. The van der Waals surface area contributed by atoms with Gasteiger partial charge in [-0.15, -0.1) is 0 Å². The molecule has 0 atom stereocenters. The lowest BCUT2D eigenvalue weighted by molar-refractivity contribution is 0.802. The Morgan fingerprint density at radius 2 is 1.50 bits per heavy atom. The summed E-state index contributed by atoms with van der Waals surface area (Å²) in [6, 6.07) is 21.2. The van der Waals surface area contributed by atoms with Crippen LogP contribution in [0.4, 0.5) is 0 Å². The van der Waals surface area contributed by atoms with Crippen molar-refractivity contribution in [3.8, 4) is 16.9 Å². The maximum absolute atomic E-state index is 12.3. The molecule has 3 nitrogen and oxygen atoms in total. The van der Waals surface area contributed by atoms with Gasteiger partial charge in [0.1, 0.15) is 0 Å². The highest BCUT2D eigenvalue weighted by Gasteiger charge is 2.08. The Bertz CT molecular complexity index is 777. The smallest absolute Gasteiger partial charge is 0.267 e. The molecule has 0 fully saturated rings. The van der Waals surface area contributed by atoms with Gasteiger partial charge in [-0.25, -0.2) is 0 Å². The summed E-state index contributed by atoms with van der Waals surface area (Å²) in [4.78, 5) is 12.3. The fourth-order valence-corrected chi connectivity index (χ4v) is 2.11. The van der Waals surface area contributed by atoms with Gasteiger partial charge in [0, 0.05) is 11.1 Å². The van der Waals surface area contributed by atoms with Crippen molar-refractivity contribution >= 4 is 0 Å². The van der Waals surface area contributed by atoms with E-state index in [0.29, 0.717) is 5.56 Å². The fraction of sp³-hybridized carbons (Fsp3) is 0.0588. The van der Waals surface area contributed by atoms with Crippen molar-refractivity contribution in [2.45, 2.75) is 6.92 Å². The summed E-state index contributed by atoms with van der Waals surface area (Å²) in [6.07, 6.45) is 0. The lowest BCUT2D eigenvalue weighted by atomic mass is 10.1. The van der Waals surface area contributed by atoms with Crippen LogP contribution in [0.25, 0.3) is 16.9 Å². The lowest BCUT2D eigenvalue weighted by Gasteiger charge is -2.09. The molecule has 3 aromatic rings. The Kier molecular flexibility index (Phi) is 3.17. The van der Waals surface area contributed by atoms with Crippen LogP contribution in [0.2, 0.25) is 0 Å². The predicted octanol–water partition coefficient (Wildman–Crippen LogP) is 3.21. The second-order valence-corrected chi connectivity index (χ2v) is 4.63. The molecule has 0 aliphatic rings. The quantitative estimate of drug-likeness (QED) is 0.710. The number of aromatic nitrogens is 2. The van der Waals surface area contributed by atoms with Gasteiger partial charge < -0.3 is 0 Å². The van der Waals surface area contributed by atoms with Crippen molar-refractivity contribution in [3.05, 3.63) is 82.6 Å². The van der Waals surface area contributed by atoms with E-state index < -0.39 is 0 Å². The summed E-state index contributed by atoms with van der Waals surface area (Å²) in [7, 11) is 0. The van der Waals surface area contributed by atoms with E-state index in [1.54, 1.807) is 0 Å². The second kappa shape index (κ2) is 5.13. The Balaban J connectivity index is 2.22. The lowest BCUT2D eigenvalue weighted by Crippen LogP contribution is -2.23. The summed E-state index contributed by atoms with van der Waals surface area (Å²) >= 11 is 0. The molecule has 0 spiro atoms. The number of para-hydroxylation sites is 1. The number of hydrogen-bond donors (Lipinski definition) is 0. The van der Waals surface area contributed by atoms with E-state index in [-0.39, 0.29) is 5.56 Å². The summed E-state index contributed by atoms with van der Waals surface area (Å²) in [5, 5.41) is 4.48. The molecule has 98 valence electrons. The first-order valence-electron chi connectivity index (χ1n) is 6.47. The van der Waals surface area contributed by atoms with Crippen molar-refractivity contribution in [2.24, 2.45) is 0 Å². The number of nitrogens with zero attached hydrogens (tertiary/aromatic N) is 2. The molecule has 0 bridgehead atoms. The van der Waals surface area contributed by atoms with Crippen LogP contribution in [-0.4, -0.2) is 9.78 Å². The topological polar surface area (TPSA) is 34.9 Å². The third kappa shape index (κ3) is 2.26. The Labute approximate surface area is 117 Å². The Morgan fingerprint density at radius 3 is 2.15 bits per heavy atom. The van der Waals surface area contributed by atoms with E-state index in [0.717, 1.165) is 16.9 Å². The molecule has 1 heterocycles. The van der Waals surface area contributed by atoms with Crippen molar-refractivity contribution in [1.82, 2.24) is 9.78 Å². The van der Waals surface area contributed by atoms with Gasteiger partial charge in [-0.05, 0) is 25.1 Å². The van der Waals surface area contributed by atoms with Crippen LogP contribution in [0.3, 0.4) is 0 Å². The standard InChI is InChI=1S/C17H14N2O/c1-13-12-16(14-8-4-2-5-9-14)18-19(17(13)20)15-10-6-3-7-11-15/h2-12H,1H3. The van der Waals surface area contributed by atoms with Crippen molar-refractivity contribution in [3.63, 3.8) is 0 Å². The zero-order chi connectivity index (χ0) is 13.9. The second-order valence-electron chi connectivity index (χ2n) is 4.63. The number of benzene rings is 2. The first-order valence-corrected chi connectivity index (χ1v) is 6.47. The molecular formula is C17H14N2O. The summed E-state index contributed by atoms with van der Waals surface area (Å²) in [5.74, 6) is 0. The van der Waals surface area contributed by atoms with Crippen LogP contribution in [0.5, 0.6) is 0 Å². The van der Waals surface area contributed by atoms with Gasteiger partial charge in [-0.3, -0.25) is 4.79 Å². The van der Waals surface area contributed by atoms with E-state index in [4.69, 9.17) is 0 Å². The summed E-state index contributed by atoms with van der Waals surface area (Å²) < 4.78 is 1.46. The molecule has 0 amide bonds. The van der Waals surface area contributed by atoms with Crippen molar-refractivity contribution in [2.75, 3.05) is 0 Å². The van der Waals surface area contributed by atoms with Crippen molar-refractivity contribution in [1.29, 1.82) is 0 Å². The van der Waals surface area contributed by atoms with Gasteiger partial charge in [0.15, 0.2) is 0 Å². The molecule has 0 saturated carbocycles. The van der Waals surface area contributed by atoms with E-state index in [1.807, 2.05) is 73.7 Å². The molecule has 3 rings (SSSR count). The highest BCUT2D eigenvalue weighted by Crippen LogP contribution is 2.16. The third-order valence-corrected chi connectivity index (χ3v) is 3.16. The van der Waals surface area contributed by atoms with Gasteiger partial charge >= 0.3 is 0 Å². The molecule has 2 aromatic carbocycles. The largest absolute Gasteiger partial charge is 0.274 e. The molecule has 0 N–H and O–H groups in total. The Morgan fingerprint density at radius 1 is 0.900 bits per heavy atom. The van der Waals surface area contributed by atoms with Crippen LogP contribution in [-0.2, 0) is 0 Å². The first kappa shape index (κ1) is 12.4. The summed E-state index contributed by atoms with van der Waals surface area (Å²) in [5.41, 5.74) is 3.17. The molecule has 20 heavy (non-hydrogen) atoms. The number of hydrogen-bond acceptors (Lipinski definition) is 2. The molecule has 0 aliphatic heterocycles. The highest BCUT2D eigenvalue weighted by atomic mass is 16.1. The van der Waals surface area contributed by atoms with Gasteiger partial charge in [0.05, 0.1) is 11.4 Å². The van der Waals surface area contributed by atoms with Crippen LogP contribution in [0.15, 0.2) is 71.5 Å². The SMILES string of the molecule is Cc1cc(-c2ccccc2)nn(-c2ccccc2)c1=O. The van der Waals surface area contributed by atoms with Crippen molar-refractivity contribution < 1.29 is 0 Å². The molecule has 0 radical (unpaired) electrons. The minimum atomic E-state index is -0.0871. The van der Waals surface area contributed by atoms with Gasteiger partial charge in [0.25, 0.3) is 5.56 Å². The molecule has 0 aliphatic carbocycles. The van der Waals surface area contributed by atoms with Gasteiger partial charge in [-0.1, -0.05) is 48.5 Å². The monoisotopic (exact) mass is 262 g/mol. The highest BCUT2D eigenvalue weighted by molar-refractivity contribution is 5.59. The first-order chi connectivity index (χ1) is 9.75. The number of aryl methyl sites for hydroxylation is 1. The fourth-order valence-electron chi connectivity index (χ4n) is 2.11. The third-order valence-electron chi connectivity index (χ3n) is 3.16. The molecular weight excluding hydrogens is 248 g/mol. The van der Waals surface area contributed by atoms with Gasteiger partial charge in [0.2, 0.25) is 0 Å². The zero-order valence-corrected chi connectivity index (χ0v) is 11.2. The molecule has 0 unspecified atom stereocenters. The van der Waals surface area contributed by atoms with E-state index in [1.165, 1.54) is 4.68 Å². The van der Waals surface area contributed by atoms with E-state index >= 15 is 0 Å². The summed E-state index contributed by atoms with van der Waals surface area (Å²) in [6.45, 7) is 1.82. The van der Waals surface area contributed by atoms with E-state index in [2.05, 4.69) is 5.10 Å². The molecule has 3 heteroatoms. The number of rotatable bonds is 2. The normalized spacial score (nSPS) is 10.4. The van der Waals surface area contributed by atoms with E-state index in [9.17, 15) is 4.79 Å². The molecule has 0 saturated heterocycles. The minimum absolute atomic E-state index is 0.0871.